The van der Waals surface area contributed by atoms with Gasteiger partial charge in [-0.3, -0.25) is 14.4 Å². The summed E-state index contributed by atoms with van der Waals surface area (Å²) in [4.78, 5) is 15.2. The molecule has 1 amide bonds. The monoisotopic (exact) mass is 513 g/mol. The number of rotatable bonds is 8. The van der Waals surface area contributed by atoms with E-state index in [9.17, 15) is 13.2 Å². The predicted molar refractivity (Wildman–Crippen MR) is 137 cm³/mol. The predicted octanol–water partition coefficient (Wildman–Crippen LogP) is 4.21. The number of carbonyl (C=O) groups excluding carboxylic acids is 1. The Morgan fingerprint density at radius 3 is 2.29 bits per heavy atom. The lowest BCUT2D eigenvalue weighted by Gasteiger charge is -2.26. The van der Waals surface area contributed by atoms with Gasteiger partial charge in [0.2, 0.25) is 0 Å². The first-order valence-corrected chi connectivity index (χ1v) is 13.2. The zero-order chi connectivity index (χ0) is 24.8. The number of nitrogens with zero attached hydrogens (tertiary/aromatic N) is 1. The fraction of sp³-hybridized carbons (Fsp3) is 0.269. The quantitative estimate of drug-likeness (QED) is 0.471. The van der Waals surface area contributed by atoms with Gasteiger partial charge in [0.1, 0.15) is 0 Å². The van der Waals surface area contributed by atoms with Crippen molar-refractivity contribution in [3.63, 3.8) is 0 Å². The minimum absolute atomic E-state index is 0.150. The van der Waals surface area contributed by atoms with Crippen molar-refractivity contribution in [3.8, 4) is 0 Å². The van der Waals surface area contributed by atoms with Crippen molar-refractivity contribution >= 4 is 33.2 Å². The maximum absolute atomic E-state index is 12.7. The van der Waals surface area contributed by atoms with E-state index in [4.69, 9.17) is 16.3 Å². The van der Waals surface area contributed by atoms with E-state index >= 15 is 0 Å². The summed E-state index contributed by atoms with van der Waals surface area (Å²) in [5, 5.41) is 3.03. The van der Waals surface area contributed by atoms with Crippen LogP contribution in [-0.4, -0.2) is 45.5 Å². The van der Waals surface area contributed by atoms with E-state index in [0.717, 1.165) is 44.0 Å². The lowest BCUT2D eigenvalue weighted by Crippen LogP contribution is -2.35. The largest absolute Gasteiger partial charge is 0.379 e. The summed E-state index contributed by atoms with van der Waals surface area (Å²) < 4.78 is 33.1. The Kier molecular flexibility index (Phi) is 8.07. The maximum atomic E-state index is 12.7. The first-order chi connectivity index (χ1) is 16.8. The molecule has 1 saturated heterocycles. The number of benzene rings is 3. The fourth-order valence-electron chi connectivity index (χ4n) is 3.75. The second-order valence-corrected chi connectivity index (χ2v) is 10.6. The summed E-state index contributed by atoms with van der Waals surface area (Å²) in [5.41, 5.74) is 3.71. The molecule has 3 aromatic rings. The van der Waals surface area contributed by atoms with Crippen molar-refractivity contribution in [2.24, 2.45) is 0 Å². The van der Waals surface area contributed by atoms with Gasteiger partial charge in [-0.15, -0.1) is 0 Å². The molecule has 0 aromatic heterocycles. The molecule has 0 spiro atoms. The highest BCUT2D eigenvalue weighted by atomic mass is 35.5. The molecule has 1 heterocycles. The summed E-state index contributed by atoms with van der Waals surface area (Å²) in [7, 11) is -3.76. The number of sulfonamides is 1. The molecule has 3 aromatic carbocycles. The summed E-state index contributed by atoms with van der Waals surface area (Å²) in [5.74, 6) is -0.333. The summed E-state index contributed by atoms with van der Waals surface area (Å²) in [6, 6.07) is 19.1. The Hall–Kier alpha value is -2.91. The topological polar surface area (TPSA) is 87.7 Å². The molecule has 184 valence electrons. The molecule has 7 nitrogen and oxygen atoms in total. The van der Waals surface area contributed by atoms with E-state index in [1.807, 2.05) is 19.1 Å². The average molecular weight is 514 g/mol. The average Bonchev–Trinajstić information content (AvgIpc) is 2.84. The second-order valence-electron chi connectivity index (χ2n) is 8.50. The van der Waals surface area contributed by atoms with Crippen LogP contribution in [0.5, 0.6) is 0 Å². The molecule has 1 aliphatic rings. The smallest absolute Gasteiger partial charge is 0.261 e. The Labute approximate surface area is 211 Å². The van der Waals surface area contributed by atoms with Gasteiger partial charge in [-0.05, 0) is 48.4 Å². The van der Waals surface area contributed by atoms with Crippen LogP contribution >= 0.6 is 11.6 Å². The van der Waals surface area contributed by atoms with Crippen LogP contribution in [0.25, 0.3) is 0 Å². The fourth-order valence-corrected chi connectivity index (χ4v) is 5.07. The molecule has 9 heteroatoms. The highest BCUT2D eigenvalue weighted by molar-refractivity contribution is 7.92. The maximum Gasteiger partial charge on any atom is 0.261 e. The van der Waals surface area contributed by atoms with Crippen molar-refractivity contribution in [3.05, 3.63) is 94.0 Å². The Bertz CT molecular complexity index is 1270. The van der Waals surface area contributed by atoms with Gasteiger partial charge in [-0.2, -0.15) is 0 Å². The lowest BCUT2D eigenvalue weighted by molar-refractivity contribution is 0.0342. The van der Waals surface area contributed by atoms with E-state index in [1.54, 1.807) is 12.1 Å². The van der Waals surface area contributed by atoms with Crippen LogP contribution in [0.3, 0.4) is 0 Å². The molecule has 1 aliphatic heterocycles. The summed E-state index contributed by atoms with van der Waals surface area (Å²) in [6.07, 6.45) is 0. The molecule has 0 unspecified atom stereocenters. The van der Waals surface area contributed by atoms with Gasteiger partial charge in [0.15, 0.2) is 0 Å². The van der Waals surface area contributed by atoms with E-state index < -0.39 is 10.0 Å². The van der Waals surface area contributed by atoms with E-state index in [-0.39, 0.29) is 27.1 Å². The first-order valence-electron chi connectivity index (χ1n) is 11.4. The van der Waals surface area contributed by atoms with Crippen LogP contribution < -0.4 is 10.0 Å². The van der Waals surface area contributed by atoms with Crippen molar-refractivity contribution in [2.75, 3.05) is 31.0 Å². The van der Waals surface area contributed by atoms with Gasteiger partial charge in [-0.25, -0.2) is 8.42 Å². The lowest BCUT2D eigenvalue weighted by atomic mass is 10.1. The number of aryl methyl sites for hydroxylation is 1. The third-order valence-corrected chi connectivity index (χ3v) is 7.49. The molecule has 35 heavy (non-hydrogen) atoms. The van der Waals surface area contributed by atoms with E-state index in [2.05, 4.69) is 27.1 Å². The number of ether oxygens (including phenoxy) is 1. The Morgan fingerprint density at radius 1 is 0.971 bits per heavy atom. The van der Waals surface area contributed by atoms with Gasteiger partial charge in [0.25, 0.3) is 15.9 Å². The molecule has 0 aliphatic carbocycles. The second kappa shape index (κ2) is 11.2. The zero-order valence-corrected chi connectivity index (χ0v) is 21.0. The van der Waals surface area contributed by atoms with Crippen LogP contribution in [0, 0.1) is 6.92 Å². The molecule has 0 atom stereocenters. The van der Waals surface area contributed by atoms with Gasteiger partial charge in [-0.1, -0.05) is 53.6 Å². The molecular weight excluding hydrogens is 486 g/mol. The number of nitrogens with one attached hydrogen (secondary N) is 2. The van der Waals surface area contributed by atoms with E-state index in [0.29, 0.717) is 6.54 Å². The van der Waals surface area contributed by atoms with Gasteiger partial charge in [0, 0.05) is 26.2 Å². The molecule has 0 radical (unpaired) electrons. The number of morpholine rings is 1. The normalized spacial score (nSPS) is 14.5. The van der Waals surface area contributed by atoms with E-state index in [1.165, 1.54) is 35.9 Å². The zero-order valence-electron chi connectivity index (χ0n) is 19.5. The number of anilines is 1. The van der Waals surface area contributed by atoms with Crippen LogP contribution in [-0.2, 0) is 27.8 Å². The molecule has 1 fully saturated rings. The van der Waals surface area contributed by atoms with Crippen molar-refractivity contribution < 1.29 is 17.9 Å². The minimum atomic E-state index is -3.76. The van der Waals surface area contributed by atoms with Crippen molar-refractivity contribution in [2.45, 2.75) is 24.9 Å². The molecule has 0 bridgehead atoms. The Morgan fingerprint density at radius 2 is 1.63 bits per heavy atom. The standard InChI is InChI=1S/C26H28ClN3O4S/c1-19-2-9-23(10-3-19)35(32,33)29-22-8-11-24(25(27)16-22)26(31)28-17-20-4-6-21(7-5-20)18-30-12-14-34-15-13-30/h2-11,16,29H,12-15,17-18H2,1H3,(H,28,31). The third-order valence-electron chi connectivity index (χ3n) is 5.78. The Balaban J connectivity index is 1.33. The van der Waals surface area contributed by atoms with Crippen LogP contribution in [0.4, 0.5) is 5.69 Å². The number of hydrogen-bond acceptors (Lipinski definition) is 5. The van der Waals surface area contributed by atoms with Crippen molar-refractivity contribution in [1.29, 1.82) is 0 Å². The SMILES string of the molecule is Cc1ccc(S(=O)(=O)Nc2ccc(C(=O)NCc3ccc(CN4CCOCC4)cc3)c(Cl)c2)cc1. The highest BCUT2D eigenvalue weighted by Gasteiger charge is 2.16. The highest BCUT2D eigenvalue weighted by Crippen LogP contribution is 2.24. The first kappa shape index (κ1) is 25.2. The van der Waals surface area contributed by atoms with Crippen molar-refractivity contribution in [1.82, 2.24) is 10.2 Å². The molecule has 0 saturated carbocycles. The number of hydrogen-bond donors (Lipinski definition) is 2. The number of halogens is 1. The van der Waals surface area contributed by atoms with Gasteiger partial charge < -0.3 is 10.1 Å². The van der Waals surface area contributed by atoms with Crippen LogP contribution in [0.2, 0.25) is 5.02 Å². The summed E-state index contributed by atoms with van der Waals surface area (Å²) >= 11 is 6.31. The van der Waals surface area contributed by atoms with Gasteiger partial charge in [0.05, 0.1) is 34.4 Å². The van der Waals surface area contributed by atoms with Crippen LogP contribution in [0.1, 0.15) is 27.0 Å². The third kappa shape index (κ3) is 6.82. The molecule has 2 N–H and O–H groups in total. The molecular formula is C26H28ClN3O4S. The number of carbonyl (C=O) groups is 1. The summed E-state index contributed by atoms with van der Waals surface area (Å²) in [6.45, 7) is 6.53. The molecule has 4 rings (SSSR count). The van der Waals surface area contributed by atoms with Gasteiger partial charge >= 0.3 is 0 Å². The minimum Gasteiger partial charge on any atom is -0.379 e. The van der Waals surface area contributed by atoms with Crippen LogP contribution in [0.15, 0.2) is 71.6 Å². The number of amides is 1.